The number of hydrogen-bond donors (Lipinski definition) is 1. The molecule has 1 aliphatic heterocycles. The second-order valence-corrected chi connectivity index (χ2v) is 4.67. The Kier molecular flexibility index (Phi) is 5.32. The third kappa shape index (κ3) is 4.24. The maximum absolute atomic E-state index is 5.47. The van der Waals surface area contributed by atoms with Crippen molar-refractivity contribution in [3.05, 3.63) is 11.6 Å². The van der Waals surface area contributed by atoms with Crippen LogP contribution in [0.5, 0.6) is 0 Å². The maximum atomic E-state index is 5.47. The summed E-state index contributed by atoms with van der Waals surface area (Å²) in [6.45, 7) is 3.37. The van der Waals surface area contributed by atoms with Gasteiger partial charge in [-0.15, -0.1) is 0 Å². The van der Waals surface area contributed by atoms with Crippen LogP contribution in [0.3, 0.4) is 0 Å². The minimum atomic E-state index is 0.356. The highest BCUT2D eigenvalue weighted by molar-refractivity contribution is 5.05. The van der Waals surface area contributed by atoms with Gasteiger partial charge in [0.25, 0.3) is 0 Å². The Bertz CT molecular complexity index is 222. The first-order valence-electron chi connectivity index (χ1n) is 6.53. The first-order valence-corrected chi connectivity index (χ1v) is 6.53. The highest BCUT2D eigenvalue weighted by Gasteiger charge is 2.13. The summed E-state index contributed by atoms with van der Waals surface area (Å²) in [6.07, 6.45) is 10.4. The molecule has 0 aromatic heterocycles. The third-order valence-electron chi connectivity index (χ3n) is 3.35. The third-order valence-corrected chi connectivity index (χ3v) is 3.35. The second-order valence-electron chi connectivity index (χ2n) is 4.67. The molecule has 0 radical (unpaired) electrons. The Hall–Kier alpha value is -0.380. The molecule has 0 bridgehead atoms. The molecule has 3 heteroatoms. The van der Waals surface area contributed by atoms with E-state index in [0.29, 0.717) is 12.9 Å². The van der Waals surface area contributed by atoms with Gasteiger partial charge in [0, 0.05) is 6.54 Å². The fourth-order valence-corrected chi connectivity index (χ4v) is 2.31. The smallest absolute Gasteiger partial charge is 0.147 e. The van der Waals surface area contributed by atoms with Crippen molar-refractivity contribution in [3.63, 3.8) is 0 Å². The van der Waals surface area contributed by atoms with Crippen molar-refractivity contribution in [3.8, 4) is 0 Å². The van der Waals surface area contributed by atoms with E-state index < -0.39 is 0 Å². The van der Waals surface area contributed by atoms with Crippen LogP contribution >= 0.6 is 0 Å². The van der Waals surface area contributed by atoms with E-state index in [1.807, 2.05) is 0 Å². The Balaban J connectivity index is 1.52. The monoisotopic (exact) mass is 225 g/mol. The molecule has 1 saturated heterocycles. The fraction of sp³-hybridized carbons (Fsp3) is 0.846. The van der Waals surface area contributed by atoms with E-state index in [4.69, 9.17) is 9.47 Å². The van der Waals surface area contributed by atoms with Crippen LogP contribution in [0.2, 0.25) is 0 Å². The zero-order chi connectivity index (χ0) is 11.1. The first-order chi connectivity index (χ1) is 7.95. The molecule has 16 heavy (non-hydrogen) atoms. The summed E-state index contributed by atoms with van der Waals surface area (Å²) < 4.78 is 10.6. The van der Waals surface area contributed by atoms with Gasteiger partial charge in [-0.1, -0.05) is 11.6 Å². The molecular formula is C13H23NO2. The predicted molar refractivity (Wildman–Crippen MR) is 64.3 cm³/mol. The van der Waals surface area contributed by atoms with Crippen LogP contribution in [0.15, 0.2) is 11.6 Å². The van der Waals surface area contributed by atoms with E-state index in [-0.39, 0.29) is 0 Å². The van der Waals surface area contributed by atoms with Gasteiger partial charge in [0.1, 0.15) is 6.79 Å². The van der Waals surface area contributed by atoms with Gasteiger partial charge in [-0.3, -0.25) is 0 Å². The topological polar surface area (TPSA) is 30.5 Å². The van der Waals surface area contributed by atoms with Crippen LogP contribution in [0.25, 0.3) is 0 Å². The molecule has 0 aromatic rings. The summed E-state index contributed by atoms with van der Waals surface area (Å²) in [4.78, 5) is 0. The average Bonchev–Trinajstić information content (AvgIpc) is 2.37. The van der Waals surface area contributed by atoms with Crippen molar-refractivity contribution in [1.29, 1.82) is 0 Å². The molecule has 92 valence electrons. The largest absolute Gasteiger partial charge is 0.355 e. The summed E-state index contributed by atoms with van der Waals surface area (Å²) in [5, 5.41) is 3.48. The highest BCUT2D eigenvalue weighted by Crippen LogP contribution is 2.19. The van der Waals surface area contributed by atoms with Gasteiger partial charge in [0.15, 0.2) is 0 Å². The van der Waals surface area contributed by atoms with Gasteiger partial charge in [-0.25, -0.2) is 0 Å². The van der Waals surface area contributed by atoms with Gasteiger partial charge in [0.2, 0.25) is 0 Å². The molecule has 2 rings (SSSR count). The Morgan fingerprint density at radius 1 is 1.38 bits per heavy atom. The normalized spacial score (nSPS) is 26.5. The number of hydrogen-bond acceptors (Lipinski definition) is 3. The van der Waals surface area contributed by atoms with E-state index in [2.05, 4.69) is 11.4 Å². The molecule has 0 saturated carbocycles. The molecule has 0 aromatic carbocycles. The fourth-order valence-electron chi connectivity index (χ4n) is 2.31. The van der Waals surface area contributed by atoms with Gasteiger partial charge in [-0.2, -0.15) is 0 Å². The lowest BCUT2D eigenvalue weighted by Gasteiger charge is -2.23. The molecule has 0 amide bonds. The molecule has 1 fully saturated rings. The van der Waals surface area contributed by atoms with Crippen LogP contribution in [0.4, 0.5) is 0 Å². The lowest BCUT2D eigenvalue weighted by Crippen LogP contribution is -2.34. The van der Waals surface area contributed by atoms with Gasteiger partial charge >= 0.3 is 0 Å². The van der Waals surface area contributed by atoms with Gasteiger partial charge in [-0.05, 0) is 45.1 Å². The van der Waals surface area contributed by atoms with Crippen molar-refractivity contribution in [2.24, 2.45) is 0 Å². The SMILES string of the molecule is C1=C(CCNCC2CCOCO2)CCCC1. The number of rotatable bonds is 5. The molecule has 3 nitrogen and oxygen atoms in total. The summed E-state index contributed by atoms with van der Waals surface area (Å²) in [7, 11) is 0. The van der Waals surface area contributed by atoms with Crippen molar-refractivity contribution in [2.45, 2.75) is 44.6 Å². The molecule has 1 aliphatic carbocycles. The minimum Gasteiger partial charge on any atom is -0.355 e. The number of nitrogens with one attached hydrogen (secondary N) is 1. The Labute approximate surface area is 98.2 Å². The maximum Gasteiger partial charge on any atom is 0.147 e. The summed E-state index contributed by atoms with van der Waals surface area (Å²) in [5.41, 5.74) is 1.65. The minimum absolute atomic E-state index is 0.356. The zero-order valence-corrected chi connectivity index (χ0v) is 10.0. The van der Waals surface area contributed by atoms with Crippen molar-refractivity contribution < 1.29 is 9.47 Å². The predicted octanol–water partition coefficient (Wildman–Crippen LogP) is 2.23. The second kappa shape index (κ2) is 7.05. The molecule has 1 atom stereocenters. The molecule has 0 spiro atoms. The van der Waals surface area contributed by atoms with E-state index in [0.717, 1.165) is 26.1 Å². The van der Waals surface area contributed by atoms with E-state index in [1.54, 1.807) is 5.57 Å². The summed E-state index contributed by atoms with van der Waals surface area (Å²) in [5.74, 6) is 0. The average molecular weight is 225 g/mol. The van der Waals surface area contributed by atoms with Crippen molar-refractivity contribution in [2.75, 3.05) is 26.5 Å². The number of ether oxygens (including phenoxy) is 2. The van der Waals surface area contributed by atoms with Crippen molar-refractivity contribution >= 4 is 0 Å². The highest BCUT2D eigenvalue weighted by atomic mass is 16.7. The lowest BCUT2D eigenvalue weighted by atomic mass is 9.97. The molecule has 2 aliphatic rings. The van der Waals surface area contributed by atoms with Crippen LogP contribution in [-0.4, -0.2) is 32.6 Å². The molecular weight excluding hydrogens is 202 g/mol. The van der Waals surface area contributed by atoms with Crippen LogP contribution in [-0.2, 0) is 9.47 Å². The molecule has 1 N–H and O–H groups in total. The summed E-state index contributed by atoms with van der Waals surface area (Å²) in [6, 6.07) is 0. The Morgan fingerprint density at radius 3 is 3.12 bits per heavy atom. The van der Waals surface area contributed by atoms with Crippen LogP contribution < -0.4 is 5.32 Å². The summed E-state index contributed by atoms with van der Waals surface area (Å²) >= 11 is 0. The first kappa shape index (κ1) is 12.1. The van der Waals surface area contributed by atoms with Crippen molar-refractivity contribution in [1.82, 2.24) is 5.32 Å². The standard InChI is InChI=1S/C13H23NO2/c1-2-4-12(5-3-1)6-8-14-10-13-7-9-15-11-16-13/h4,13-14H,1-3,5-11H2. The van der Waals surface area contributed by atoms with E-state index >= 15 is 0 Å². The Morgan fingerprint density at radius 2 is 2.38 bits per heavy atom. The van der Waals surface area contributed by atoms with Crippen LogP contribution in [0, 0.1) is 0 Å². The van der Waals surface area contributed by atoms with Gasteiger partial charge in [0.05, 0.1) is 12.7 Å². The molecule has 1 unspecified atom stereocenters. The lowest BCUT2D eigenvalue weighted by molar-refractivity contribution is -0.137. The quantitative estimate of drug-likeness (QED) is 0.575. The molecule has 1 heterocycles. The van der Waals surface area contributed by atoms with E-state index in [9.17, 15) is 0 Å². The van der Waals surface area contributed by atoms with Crippen LogP contribution in [0.1, 0.15) is 38.5 Å². The zero-order valence-electron chi connectivity index (χ0n) is 10.0. The van der Waals surface area contributed by atoms with E-state index in [1.165, 1.54) is 32.1 Å². The van der Waals surface area contributed by atoms with Gasteiger partial charge < -0.3 is 14.8 Å². The number of allylic oxidation sites excluding steroid dienone is 1.